The lowest BCUT2D eigenvalue weighted by molar-refractivity contribution is -0.166. The number of anilines is 1. The molecule has 0 saturated heterocycles. The van der Waals surface area contributed by atoms with Crippen LogP contribution in [0.25, 0.3) is 5.69 Å². The Morgan fingerprint density at radius 2 is 1.93 bits per heavy atom. The quantitative estimate of drug-likeness (QED) is 0.753. The second-order valence-corrected chi connectivity index (χ2v) is 7.47. The summed E-state index contributed by atoms with van der Waals surface area (Å²) in [5.74, 6) is -0.351. The third-order valence-corrected chi connectivity index (χ3v) is 5.54. The van der Waals surface area contributed by atoms with E-state index in [1.807, 2.05) is 20.8 Å². The minimum Gasteiger partial charge on any atom is -0.378 e. The molecule has 1 amide bonds. The summed E-state index contributed by atoms with van der Waals surface area (Å²) in [6.45, 7) is 6.20. The van der Waals surface area contributed by atoms with Crippen molar-refractivity contribution >= 4 is 24.0 Å². The van der Waals surface area contributed by atoms with E-state index in [2.05, 4.69) is 10.4 Å². The molecule has 1 fully saturated rings. The molecular formula is C19H24ClF3N4O2. The van der Waals surface area contributed by atoms with Crippen molar-refractivity contribution in [2.45, 2.75) is 45.0 Å². The molecule has 1 aliphatic rings. The molecule has 1 heterocycles. The second kappa shape index (κ2) is 7.97. The van der Waals surface area contributed by atoms with Crippen LogP contribution in [0.3, 0.4) is 0 Å². The Balaban J connectivity index is 0.00000300. The number of hydrogen-bond acceptors (Lipinski definition) is 4. The maximum Gasteiger partial charge on any atom is 0.433 e. The highest BCUT2D eigenvalue weighted by molar-refractivity contribution is 5.99. The maximum absolute atomic E-state index is 13.0. The van der Waals surface area contributed by atoms with E-state index in [0.29, 0.717) is 18.7 Å². The first-order valence-electron chi connectivity index (χ1n) is 8.94. The van der Waals surface area contributed by atoms with Gasteiger partial charge in [-0.25, -0.2) is 4.68 Å². The Bertz CT molecular complexity index is 867. The fraction of sp³-hybridized carbons (Fsp3) is 0.474. The summed E-state index contributed by atoms with van der Waals surface area (Å²) in [5.41, 5.74) is 4.51. The average Bonchev–Trinajstić information content (AvgIpc) is 3.12. The largest absolute Gasteiger partial charge is 0.433 e. The van der Waals surface area contributed by atoms with E-state index >= 15 is 0 Å². The third-order valence-electron chi connectivity index (χ3n) is 5.54. The number of nitrogens with one attached hydrogen (secondary N) is 1. The van der Waals surface area contributed by atoms with Gasteiger partial charge in [-0.1, -0.05) is 13.8 Å². The summed E-state index contributed by atoms with van der Waals surface area (Å²) in [4.78, 5) is 12.7. The molecule has 0 spiro atoms. The van der Waals surface area contributed by atoms with Crippen molar-refractivity contribution in [2.24, 2.45) is 11.1 Å². The van der Waals surface area contributed by atoms with Gasteiger partial charge in [-0.05, 0) is 37.3 Å². The lowest BCUT2D eigenvalue weighted by Gasteiger charge is -2.57. The molecule has 2 atom stereocenters. The van der Waals surface area contributed by atoms with Gasteiger partial charge in [0.05, 0.1) is 18.0 Å². The Morgan fingerprint density at radius 1 is 1.31 bits per heavy atom. The van der Waals surface area contributed by atoms with Gasteiger partial charge in [-0.3, -0.25) is 4.79 Å². The molecule has 1 aromatic heterocycles. The first-order chi connectivity index (χ1) is 13.0. The molecule has 160 valence electrons. The SMILES string of the molecule is CCOC1CC(N)(C(=O)Nc2ccc(-n3nccc3C(F)(F)F)cc2)C1(C)C.Cl. The summed E-state index contributed by atoms with van der Waals surface area (Å²) < 4.78 is 45.5. The minimum atomic E-state index is -4.51. The van der Waals surface area contributed by atoms with Crippen LogP contribution in [0.5, 0.6) is 0 Å². The van der Waals surface area contributed by atoms with Crippen LogP contribution in [0.1, 0.15) is 32.9 Å². The lowest BCUT2D eigenvalue weighted by atomic mass is 9.54. The van der Waals surface area contributed by atoms with E-state index < -0.39 is 22.8 Å². The number of alkyl halides is 3. The van der Waals surface area contributed by atoms with Crippen LogP contribution >= 0.6 is 12.4 Å². The van der Waals surface area contributed by atoms with Crippen LogP contribution < -0.4 is 11.1 Å². The third kappa shape index (κ3) is 3.99. The first kappa shape index (κ1) is 23.2. The van der Waals surface area contributed by atoms with Crippen molar-refractivity contribution in [3.8, 4) is 5.69 Å². The number of carbonyl (C=O) groups is 1. The van der Waals surface area contributed by atoms with E-state index in [9.17, 15) is 18.0 Å². The van der Waals surface area contributed by atoms with E-state index in [-0.39, 0.29) is 30.1 Å². The average molecular weight is 433 g/mol. The van der Waals surface area contributed by atoms with E-state index in [4.69, 9.17) is 10.5 Å². The number of aromatic nitrogens is 2. The number of halogens is 4. The Kier molecular flexibility index (Phi) is 6.37. The zero-order valence-corrected chi connectivity index (χ0v) is 17.1. The molecule has 10 heteroatoms. The molecule has 3 N–H and O–H groups in total. The predicted molar refractivity (Wildman–Crippen MR) is 105 cm³/mol. The van der Waals surface area contributed by atoms with E-state index in [1.165, 1.54) is 24.3 Å². The molecule has 1 aromatic carbocycles. The molecule has 0 radical (unpaired) electrons. The molecule has 6 nitrogen and oxygen atoms in total. The van der Waals surface area contributed by atoms with Crippen molar-refractivity contribution in [3.05, 3.63) is 42.2 Å². The number of nitrogens with two attached hydrogens (primary N) is 1. The van der Waals surface area contributed by atoms with Gasteiger partial charge in [0.15, 0.2) is 0 Å². The molecule has 2 aromatic rings. The molecule has 0 aliphatic heterocycles. The summed E-state index contributed by atoms with van der Waals surface area (Å²) in [6, 6.07) is 6.85. The number of nitrogens with zero attached hydrogens (tertiary/aromatic N) is 2. The van der Waals surface area contributed by atoms with Gasteiger partial charge < -0.3 is 15.8 Å². The van der Waals surface area contributed by atoms with Gasteiger partial charge in [0.1, 0.15) is 11.2 Å². The van der Waals surface area contributed by atoms with Gasteiger partial charge in [-0.2, -0.15) is 18.3 Å². The number of ether oxygens (including phenoxy) is 1. The number of rotatable bonds is 5. The van der Waals surface area contributed by atoms with E-state index in [0.717, 1.165) is 16.9 Å². The van der Waals surface area contributed by atoms with Crippen LogP contribution in [0.15, 0.2) is 36.5 Å². The molecular weight excluding hydrogens is 409 g/mol. The molecule has 29 heavy (non-hydrogen) atoms. The van der Waals surface area contributed by atoms with Gasteiger partial charge in [0, 0.05) is 24.1 Å². The van der Waals surface area contributed by atoms with Crippen molar-refractivity contribution in [3.63, 3.8) is 0 Å². The molecule has 3 rings (SSSR count). The van der Waals surface area contributed by atoms with Crippen molar-refractivity contribution < 1.29 is 22.7 Å². The van der Waals surface area contributed by atoms with E-state index in [1.54, 1.807) is 0 Å². The summed E-state index contributed by atoms with van der Waals surface area (Å²) in [7, 11) is 0. The fourth-order valence-corrected chi connectivity index (χ4v) is 3.47. The van der Waals surface area contributed by atoms with Crippen LogP contribution in [0, 0.1) is 5.41 Å². The zero-order valence-electron chi connectivity index (χ0n) is 16.3. The standard InChI is InChI=1S/C19H23F3N4O2.ClH/c1-4-28-15-11-18(23,17(15,2)3)16(27)25-12-5-7-13(8-6-12)26-14(9-10-24-26)19(20,21)22;/h5-10,15H,4,11,23H2,1-3H3,(H,25,27);1H. The van der Waals surface area contributed by atoms with Crippen LogP contribution in [-0.2, 0) is 15.7 Å². The maximum atomic E-state index is 13.0. The number of carbonyl (C=O) groups excluding carboxylic acids is 1. The van der Waals surface area contributed by atoms with Crippen LogP contribution in [0.4, 0.5) is 18.9 Å². The monoisotopic (exact) mass is 432 g/mol. The van der Waals surface area contributed by atoms with Crippen LogP contribution in [-0.4, -0.2) is 33.9 Å². The normalized spacial score (nSPS) is 23.1. The molecule has 2 unspecified atom stereocenters. The summed E-state index contributed by atoms with van der Waals surface area (Å²) in [6.07, 6.45) is -3.12. The summed E-state index contributed by atoms with van der Waals surface area (Å²) in [5, 5.41) is 6.47. The van der Waals surface area contributed by atoms with Crippen molar-refractivity contribution in [1.82, 2.24) is 9.78 Å². The smallest absolute Gasteiger partial charge is 0.378 e. The minimum absolute atomic E-state index is 0. The van der Waals surface area contributed by atoms with Crippen molar-refractivity contribution in [2.75, 3.05) is 11.9 Å². The summed E-state index contributed by atoms with van der Waals surface area (Å²) >= 11 is 0. The topological polar surface area (TPSA) is 82.2 Å². The fourth-order valence-electron chi connectivity index (χ4n) is 3.47. The van der Waals surface area contributed by atoms with Gasteiger partial charge in [0.25, 0.3) is 0 Å². The molecule has 0 bridgehead atoms. The molecule has 1 aliphatic carbocycles. The van der Waals surface area contributed by atoms with Gasteiger partial charge in [-0.15, -0.1) is 12.4 Å². The molecule has 1 saturated carbocycles. The predicted octanol–water partition coefficient (Wildman–Crippen LogP) is 3.78. The Hall–Kier alpha value is -2.10. The lowest BCUT2D eigenvalue weighted by Crippen LogP contribution is -2.74. The Morgan fingerprint density at radius 3 is 2.45 bits per heavy atom. The number of amides is 1. The highest BCUT2D eigenvalue weighted by Gasteiger charge is 2.62. The Labute approximate surface area is 173 Å². The second-order valence-electron chi connectivity index (χ2n) is 7.47. The highest BCUT2D eigenvalue weighted by atomic mass is 35.5. The van der Waals surface area contributed by atoms with Gasteiger partial charge >= 0.3 is 6.18 Å². The number of hydrogen-bond donors (Lipinski definition) is 2. The zero-order chi connectivity index (χ0) is 20.7. The van der Waals surface area contributed by atoms with Gasteiger partial charge in [0.2, 0.25) is 5.91 Å². The number of benzene rings is 1. The first-order valence-corrected chi connectivity index (χ1v) is 8.94. The van der Waals surface area contributed by atoms with Crippen LogP contribution in [0.2, 0.25) is 0 Å². The highest BCUT2D eigenvalue weighted by Crippen LogP contribution is 2.50. The van der Waals surface area contributed by atoms with Crippen molar-refractivity contribution in [1.29, 1.82) is 0 Å².